The van der Waals surface area contributed by atoms with Crippen LogP contribution in [0.3, 0.4) is 0 Å². The van der Waals surface area contributed by atoms with Crippen LogP contribution in [0, 0.1) is 5.82 Å². The van der Waals surface area contributed by atoms with Gasteiger partial charge in [0, 0.05) is 12.3 Å². The minimum absolute atomic E-state index is 0.0233. The number of hydrogen-bond donors (Lipinski definition) is 0. The van der Waals surface area contributed by atoms with Gasteiger partial charge in [0.25, 0.3) is 5.56 Å². The van der Waals surface area contributed by atoms with E-state index in [-0.39, 0.29) is 12.3 Å². The lowest BCUT2D eigenvalue weighted by molar-refractivity contribution is -0.138. The molecule has 0 bridgehead atoms. The topological polar surface area (TPSA) is 31.2 Å². The Kier molecular flexibility index (Phi) is 4.02. The summed E-state index contributed by atoms with van der Waals surface area (Å²) < 4.78 is 57.0. The molecule has 0 saturated heterocycles. The van der Waals surface area contributed by atoms with Crippen LogP contribution >= 0.6 is 0 Å². The van der Waals surface area contributed by atoms with Crippen molar-refractivity contribution >= 4 is 0 Å². The number of pyridine rings is 1. The molecule has 1 aromatic carbocycles. The molecule has 0 amide bonds. The molecule has 0 aliphatic heterocycles. The Hall–Kier alpha value is -2.31. The first-order valence-corrected chi connectivity index (χ1v) is 5.91. The molecule has 0 fully saturated rings. The van der Waals surface area contributed by atoms with Crippen LogP contribution in [0.5, 0.6) is 5.75 Å². The van der Waals surface area contributed by atoms with Gasteiger partial charge in [0.1, 0.15) is 0 Å². The van der Waals surface area contributed by atoms with Gasteiger partial charge in [-0.2, -0.15) is 13.2 Å². The van der Waals surface area contributed by atoms with Crippen molar-refractivity contribution in [2.24, 2.45) is 0 Å². The van der Waals surface area contributed by atoms with E-state index in [1.54, 1.807) is 0 Å². The van der Waals surface area contributed by atoms with E-state index in [0.29, 0.717) is 17.8 Å². The third-order valence-corrected chi connectivity index (χ3v) is 2.88. The largest absolute Gasteiger partial charge is 0.494 e. The van der Waals surface area contributed by atoms with Gasteiger partial charge in [-0.1, -0.05) is 6.07 Å². The Morgan fingerprint density at radius 3 is 2.48 bits per heavy atom. The van der Waals surface area contributed by atoms with E-state index in [0.717, 1.165) is 16.7 Å². The molecule has 3 nitrogen and oxygen atoms in total. The Morgan fingerprint density at radius 1 is 1.19 bits per heavy atom. The summed E-state index contributed by atoms with van der Waals surface area (Å²) in [6.45, 7) is -0.163. The Morgan fingerprint density at radius 2 is 1.90 bits per heavy atom. The summed E-state index contributed by atoms with van der Waals surface area (Å²) in [4.78, 5) is 11.6. The lowest BCUT2D eigenvalue weighted by Crippen LogP contribution is -2.22. The number of methoxy groups -OCH3 is 1. The third kappa shape index (κ3) is 3.42. The van der Waals surface area contributed by atoms with Gasteiger partial charge in [0.05, 0.1) is 19.2 Å². The lowest BCUT2D eigenvalue weighted by Gasteiger charge is -2.11. The summed E-state index contributed by atoms with van der Waals surface area (Å²) in [5.74, 6) is -0.620. The predicted octanol–water partition coefficient (Wildman–Crippen LogP) is 3.06. The molecule has 0 aliphatic carbocycles. The van der Waals surface area contributed by atoms with Crippen molar-refractivity contribution in [2.45, 2.75) is 12.7 Å². The zero-order valence-electron chi connectivity index (χ0n) is 10.9. The number of aromatic nitrogens is 1. The average Bonchev–Trinajstić information content (AvgIpc) is 2.40. The van der Waals surface area contributed by atoms with Gasteiger partial charge in [-0.15, -0.1) is 0 Å². The van der Waals surface area contributed by atoms with E-state index in [2.05, 4.69) is 0 Å². The first-order chi connectivity index (χ1) is 9.81. The van der Waals surface area contributed by atoms with Crippen LogP contribution in [0.4, 0.5) is 17.6 Å². The van der Waals surface area contributed by atoms with Crippen LogP contribution in [-0.2, 0) is 12.7 Å². The summed E-state index contributed by atoms with van der Waals surface area (Å²) in [6, 6.07) is 5.50. The molecule has 2 rings (SSSR count). The maximum Gasteiger partial charge on any atom is 0.417 e. The number of alkyl halides is 3. The minimum Gasteiger partial charge on any atom is -0.494 e. The van der Waals surface area contributed by atoms with Crippen molar-refractivity contribution in [3.8, 4) is 5.75 Å². The van der Waals surface area contributed by atoms with Crippen LogP contribution in [-0.4, -0.2) is 11.7 Å². The van der Waals surface area contributed by atoms with E-state index >= 15 is 0 Å². The molecule has 1 heterocycles. The fraction of sp³-hybridized carbons (Fsp3) is 0.214. The molecule has 0 N–H and O–H groups in total. The van der Waals surface area contributed by atoms with Gasteiger partial charge in [-0.3, -0.25) is 4.79 Å². The van der Waals surface area contributed by atoms with Crippen LogP contribution in [0.1, 0.15) is 11.1 Å². The molecule has 0 radical (unpaired) electrons. The second kappa shape index (κ2) is 5.59. The standard InChI is InChI=1S/C14H11F4NO2/c1-21-12-4-2-9(6-11(12)15)7-19-8-10(14(16,17)18)3-5-13(19)20/h2-6,8H,7H2,1H3. The molecule has 112 valence electrons. The van der Waals surface area contributed by atoms with Gasteiger partial charge >= 0.3 is 6.18 Å². The number of rotatable bonds is 3. The third-order valence-electron chi connectivity index (χ3n) is 2.88. The van der Waals surface area contributed by atoms with Crippen molar-refractivity contribution in [3.63, 3.8) is 0 Å². The molecular formula is C14H11F4NO2. The monoisotopic (exact) mass is 301 g/mol. The molecule has 0 atom stereocenters. The molecule has 0 saturated carbocycles. The summed E-state index contributed by atoms with van der Waals surface area (Å²) in [5, 5.41) is 0. The quantitative estimate of drug-likeness (QED) is 0.816. The first kappa shape index (κ1) is 15.1. The lowest BCUT2D eigenvalue weighted by atomic mass is 10.2. The predicted molar refractivity (Wildman–Crippen MR) is 67.8 cm³/mol. The van der Waals surface area contributed by atoms with E-state index in [1.807, 2.05) is 0 Å². The van der Waals surface area contributed by atoms with E-state index in [4.69, 9.17) is 4.74 Å². The van der Waals surface area contributed by atoms with Crippen LogP contribution in [0.2, 0.25) is 0 Å². The van der Waals surface area contributed by atoms with Crippen molar-refractivity contribution < 1.29 is 22.3 Å². The van der Waals surface area contributed by atoms with Crippen molar-refractivity contribution in [1.29, 1.82) is 0 Å². The van der Waals surface area contributed by atoms with Gasteiger partial charge in [0.2, 0.25) is 0 Å². The zero-order valence-corrected chi connectivity index (χ0v) is 10.9. The smallest absolute Gasteiger partial charge is 0.417 e. The zero-order chi connectivity index (χ0) is 15.6. The fourth-order valence-corrected chi connectivity index (χ4v) is 1.83. The number of benzene rings is 1. The highest BCUT2D eigenvalue weighted by molar-refractivity contribution is 5.29. The number of ether oxygens (including phenoxy) is 1. The van der Waals surface area contributed by atoms with Crippen molar-refractivity contribution in [2.75, 3.05) is 7.11 Å². The second-order valence-electron chi connectivity index (χ2n) is 4.35. The SMILES string of the molecule is COc1ccc(Cn2cc(C(F)(F)F)ccc2=O)cc1F. The maximum atomic E-state index is 13.5. The molecule has 7 heteroatoms. The Labute approximate surface area is 117 Å². The number of nitrogens with zero attached hydrogens (tertiary/aromatic N) is 1. The summed E-state index contributed by atoms with van der Waals surface area (Å²) in [5.41, 5.74) is -1.18. The Bertz CT molecular complexity index is 707. The highest BCUT2D eigenvalue weighted by Gasteiger charge is 2.31. The highest BCUT2D eigenvalue weighted by atomic mass is 19.4. The summed E-state index contributed by atoms with van der Waals surface area (Å²) in [6.07, 6.45) is -3.83. The molecule has 0 spiro atoms. The average molecular weight is 301 g/mol. The highest BCUT2D eigenvalue weighted by Crippen LogP contribution is 2.28. The van der Waals surface area contributed by atoms with Crippen LogP contribution < -0.4 is 10.3 Å². The minimum atomic E-state index is -4.54. The Balaban J connectivity index is 2.35. The normalized spacial score (nSPS) is 11.5. The van der Waals surface area contributed by atoms with Crippen LogP contribution in [0.25, 0.3) is 0 Å². The maximum absolute atomic E-state index is 13.5. The van der Waals surface area contributed by atoms with Gasteiger partial charge < -0.3 is 9.30 Å². The number of halogens is 4. The van der Waals surface area contributed by atoms with Gasteiger partial charge in [-0.05, 0) is 23.8 Å². The summed E-state index contributed by atoms with van der Waals surface area (Å²) in [7, 11) is 1.30. The fourth-order valence-electron chi connectivity index (χ4n) is 1.83. The molecule has 1 aromatic heterocycles. The van der Waals surface area contributed by atoms with Gasteiger partial charge in [0.15, 0.2) is 11.6 Å². The molecule has 0 unspecified atom stereocenters. The van der Waals surface area contributed by atoms with E-state index in [9.17, 15) is 22.4 Å². The van der Waals surface area contributed by atoms with Crippen molar-refractivity contribution in [3.05, 3.63) is 63.8 Å². The van der Waals surface area contributed by atoms with E-state index in [1.165, 1.54) is 19.2 Å². The van der Waals surface area contributed by atoms with Crippen molar-refractivity contribution in [1.82, 2.24) is 4.57 Å². The molecule has 0 aliphatic rings. The first-order valence-electron chi connectivity index (χ1n) is 5.91. The molecule has 2 aromatic rings. The van der Waals surface area contributed by atoms with Crippen LogP contribution in [0.15, 0.2) is 41.3 Å². The number of hydrogen-bond acceptors (Lipinski definition) is 2. The van der Waals surface area contributed by atoms with E-state index < -0.39 is 23.1 Å². The molecular weight excluding hydrogens is 290 g/mol. The van der Waals surface area contributed by atoms with Gasteiger partial charge in [-0.25, -0.2) is 4.39 Å². The second-order valence-corrected chi connectivity index (χ2v) is 4.35. The molecule has 21 heavy (non-hydrogen) atoms. The summed E-state index contributed by atoms with van der Waals surface area (Å²) >= 11 is 0.